The second-order valence-electron chi connectivity index (χ2n) is 5.46. The fourth-order valence-electron chi connectivity index (χ4n) is 1.70. The average molecular weight is 339 g/mol. The molecule has 0 spiro atoms. The van der Waals surface area contributed by atoms with Crippen molar-refractivity contribution in [3.63, 3.8) is 0 Å². The molecule has 0 bridgehead atoms. The number of thioether (sulfide) groups is 1. The van der Waals surface area contributed by atoms with Crippen LogP contribution in [0.15, 0.2) is 22.5 Å². The van der Waals surface area contributed by atoms with Crippen LogP contribution in [0.1, 0.15) is 27.2 Å². The van der Waals surface area contributed by atoms with Crippen molar-refractivity contribution >= 4 is 44.9 Å². The summed E-state index contributed by atoms with van der Waals surface area (Å²) < 4.78 is 1.49. The quantitative estimate of drug-likeness (QED) is 0.494. The summed E-state index contributed by atoms with van der Waals surface area (Å²) in [6.45, 7) is 5.98. The summed E-state index contributed by atoms with van der Waals surface area (Å²) in [5.74, 6) is 0.243. The summed E-state index contributed by atoms with van der Waals surface area (Å²) in [5.41, 5.74) is 0.550. The zero-order valence-corrected chi connectivity index (χ0v) is 14.2. The number of aromatic nitrogens is 1. The molecule has 1 aromatic heterocycles. The van der Waals surface area contributed by atoms with Crippen molar-refractivity contribution in [2.45, 2.75) is 37.1 Å². The van der Waals surface area contributed by atoms with Crippen LogP contribution < -0.4 is 5.32 Å². The van der Waals surface area contributed by atoms with E-state index in [1.807, 2.05) is 20.8 Å². The molecule has 1 N–H and O–H groups in total. The number of amides is 1. The summed E-state index contributed by atoms with van der Waals surface area (Å²) >= 11 is 2.71. The predicted octanol–water partition coefficient (Wildman–Crippen LogP) is 3.60. The number of nitro groups is 1. The Balaban J connectivity index is 2.03. The number of non-ortho nitro benzene ring substituents is 1. The maximum atomic E-state index is 11.9. The van der Waals surface area contributed by atoms with E-state index in [4.69, 9.17) is 0 Å². The van der Waals surface area contributed by atoms with Gasteiger partial charge in [-0.2, -0.15) is 0 Å². The Bertz CT molecular complexity index is 712. The molecule has 1 aromatic carbocycles. The van der Waals surface area contributed by atoms with Gasteiger partial charge in [0, 0.05) is 17.7 Å². The highest BCUT2D eigenvalue weighted by atomic mass is 32.2. The van der Waals surface area contributed by atoms with Crippen LogP contribution >= 0.6 is 23.1 Å². The van der Waals surface area contributed by atoms with Crippen molar-refractivity contribution in [1.82, 2.24) is 10.3 Å². The van der Waals surface area contributed by atoms with E-state index in [9.17, 15) is 14.9 Å². The molecule has 2 aromatic rings. The van der Waals surface area contributed by atoms with Gasteiger partial charge in [0.1, 0.15) is 0 Å². The van der Waals surface area contributed by atoms with Crippen LogP contribution in [0.4, 0.5) is 5.69 Å². The molecule has 2 rings (SSSR count). The highest BCUT2D eigenvalue weighted by Crippen LogP contribution is 2.31. The summed E-state index contributed by atoms with van der Waals surface area (Å²) in [6, 6.07) is 4.58. The first-order valence-corrected chi connectivity index (χ1v) is 8.60. The molecule has 0 fully saturated rings. The fourth-order valence-corrected chi connectivity index (χ4v) is 3.60. The highest BCUT2D eigenvalue weighted by molar-refractivity contribution is 8.01. The molecule has 0 aliphatic heterocycles. The van der Waals surface area contributed by atoms with Crippen LogP contribution in [-0.4, -0.2) is 27.1 Å². The third-order valence-electron chi connectivity index (χ3n) is 3.25. The van der Waals surface area contributed by atoms with Gasteiger partial charge in [-0.3, -0.25) is 14.9 Å². The number of thiazole rings is 1. The van der Waals surface area contributed by atoms with Crippen molar-refractivity contribution in [2.75, 3.05) is 5.75 Å². The van der Waals surface area contributed by atoms with Gasteiger partial charge in [0.15, 0.2) is 4.34 Å². The SMILES string of the molecule is CCC(C)(C)NC(=O)CSc1nc2ccc([N+](=O)[O-])cc2s1. The van der Waals surface area contributed by atoms with Gasteiger partial charge in [-0.25, -0.2) is 4.98 Å². The number of hydrogen-bond donors (Lipinski definition) is 1. The summed E-state index contributed by atoms with van der Waals surface area (Å²) in [4.78, 5) is 26.6. The second-order valence-corrected chi connectivity index (χ2v) is 7.72. The van der Waals surface area contributed by atoms with Crippen molar-refractivity contribution in [2.24, 2.45) is 0 Å². The number of benzene rings is 1. The Morgan fingerprint density at radius 1 is 1.50 bits per heavy atom. The molecule has 0 aliphatic carbocycles. The summed E-state index contributed by atoms with van der Waals surface area (Å²) in [6.07, 6.45) is 0.855. The standard InChI is InChI=1S/C14H17N3O3S2/c1-4-14(2,3)16-12(18)8-21-13-15-10-6-5-9(17(19)20)7-11(10)22-13/h5-7H,4,8H2,1-3H3,(H,16,18). The van der Waals surface area contributed by atoms with Gasteiger partial charge in [-0.15, -0.1) is 11.3 Å². The van der Waals surface area contributed by atoms with Gasteiger partial charge in [-0.05, 0) is 26.3 Å². The Morgan fingerprint density at radius 3 is 2.86 bits per heavy atom. The van der Waals surface area contributed by atoms with Crippen molar-refractivity contribution in [3.05, 3.63) is 28.3 Å². The first kappa shape index (κ1) is 16.7. The Kier molecular flexibility index (Phi) is 5.02. The normalized spacial score (nSPS) is 11.6. The zero-order chi connectivity index (χ0) is 16.3. The van der Waals surface area contributed by atoms with E-state index in [-0.39, 0.29) is 22.9 Å². The number of hydrogen-bond acceptors (Lipinski definition) is 6. The van der Waals surface area contributed by atoms with Crippen LogP contribution in [0.25, 0.3) is 10.2 Å². The van der Waals surface area contributed by atoms with Gasteiger partial charge in [0.25, 0.3) is 5.69 Å². The Labute approximate surface area is 136 Å². The lowest BCUT2D eigenvalue weighted by Gasteiger charge is -2.24. The minimum atomic E-state index is -0.424. The molecule has 0 unspecified atom stereocenters. The van der Waals surface area contributed by atoms with E-state index in [1.54, 1.807) is 6.07 Å². The van der Waals surface area contributed by atoms with Gasteiger partial charge < -0.3 is 5.32 Å². The predicted molar refractivity (Wildman–Crippen MR) is 89.5 cm³/mol. The topological polar surface area (TPSA) is 85.1 Å². The number of rotatable bonds is 6. The van der Waals surface area contributed by atoms with Crippen LogP contribution in [0, 0.1) is 10.1 Å². The van der Waals surface area contributed by atoms with E-state index in [1.165, 1.54) is 35.2 Å². The molecule has 0 atom stereocenters. The maximum absolute atomic E-state index is 11.9. The molecule has 0 saturated heterocycles. The number of carbonyl (C=O) groups is 1. The molecular weight excluding hydrogens is 322 g/mol. The fraction of sp³-hybridized carbons (Fsp3) is 0.429. The first-order valence-electron chi connectivity index (χ1n) is 6.79. The summed E-state index contributed by atoms with van der Waals surface area (Å²) in [7, 11) is 0. The first-order chi connectivity index (χ1) is 10.3. The molecule has 6 nitrogen and oxygen atoms in total. The number of fused-ring (bicyclic) bond motifs is 1. The smallest absolute Gasteiger partial charge is 0.270 e. The average Bonchev–Trinajstić information content (AvgIpc) is 2.86. The maximum Gasteiger partial charge on any atom is 0.270 e. The van der Waals surface area contributed by atoms with E-state index < -0.39 is 4.92 Å². The number of carbonyl (C=O) groups excluding carboxylic acids is 1. The minimum absolute atomic E-state index is 0.0397. The second kappa shape index (κ2) is 6.62. The molecule has 0 radical (unpaired) electrons. The third kappa shape index (κ3) is 4.17. The summed E-state index contributed by atoms with van der Waals surface area (Å²) in [5, 5.41) is 13.7. The molecule has 0 aliphatic rings. The lowest BCUT2D eigenvalue weighted by Crippen LogP contribution is -2.43. The van der Waals surface area contributed by atoms with E-state index in [2.05, 4.69) is 10.3 Å². The van der Waals surface area contributed by atoms with Crippen LogP contribution in [-0.2, 0) is 4.79 Å². The monoisotopic (exact) mass is 339 g/mol. The lowest BCUT2D eigenvalue weighted by atomic mass is 10.0. The lowest BCUT2D eigenvalue weighted by molar-refractivity contribution is -0.384. The molecule has 118 valence electrons. The minimum Gasteiger partial charge on any atom is -0.351 e. The van der Waals surface area contributed by atoms with Crippen LogP contribution in [0.3, 0.4) is 0 Å². The molecule has 0 saturated carbocycles. The van der Waals surface area contributed by atoms with E-state index >= 15 is 0 Å². The van der Waals surface area contributed by atoms with Gasteiger partial charge >= 0.3 is 0 Å². The zero-order valence-electron chi connectivity index (χ0n) is 12.6. The number of nitrogens with zero attached hydrogens (tertiary/aromatic N) is 2. The van der Waals surface area contributed by atoms with E-state index in [0.29, 0.717) is 5.52 Å². The van der Waals surface area contributed by atoms with Crippen molar-refractivity contribution in [3.8, 4) is 0 Å². The van der Waals surface area contributed by atoms with Crippen molar-refractivity contribution in [1.29, 1.82) is 0 Å². The van der Waals surface area contributed by atoms with Gasteiger partial charge in [-0.1, -0.05) is 18.7 Å². The van der Waals surface area contributed by atoms with Gasteiger partial charge in [0.2, 0.25) is 5.91 Å². The van der Waals surface area contributed by atoms with Crippen LogP contribution in [0.5, 0.6) is 0 Å². The Morgan fingerprint density at radius 2 is 2.23 bits per heavy atom. The highest BCUT2D eigenvalue weighted by Gasteiger charge is 2.18. The van der Waals surface area contributed by atoms with E-state index in [0.717, 1.165) is 15.5 Å². The molecule has 1 heterocycles. The van der Waals surface area contributed by atoms with Gasteiger partial charge in [0.05, 0.1) is 20.9 Å². The molecule has 8 heteroatoms. The Hall–Kier alpha value is -1.67. The molecule has 22 heavy (non-hydrogen) atoms. The van der Waals surface area contributed by atoms with Crippen LogP contribution in [0.2, 0.25) is 0 Å². The number of nitrogens with one attached hydrogen (secondary N) is 1. The molecular formula is C14H17N3O3S2. The van der Waals surface area contributed by atoms with Crippen molar-refractivity contribution < 1.29 is 9.72 Å². The molecule has 1 amide bonds. The third-order valence-corrected chi connectivity index (χ3v) is 5.41. The number of nitro benzene ring substituents is 1. The largest absolute Gasteiger partial charge is 0.351 e.